The van der Waals surface area contributed by atoms with Crippen LogP contribution in [0.2, 0.25) is 0 Å². The van der Waals surface area contributed by atoms with Gasteiger partial charge in [0.15, 0.2) is 11.6 Å². The quantitative estimate of drug-likeness (QED) is 0.811. The van der Waals surface area contributed by atoms with Crippen molar-refractivity contribution in [3.05, 3.63) is 29.7 Å². The van der Waals surface area contributed by atoms with Crippen LogP contribution in [-0.4, -0.2) is 31.2 Å². The fraction of sp³-hybridized carbons (Fsp3) is 0.286. The topological polar surface area (TPSA) is 68.3 Å². The first-order chi connectivity index (χ1) is 11.3. The summed E-state index contributed by atoms with van der Waals surface area (Å²) in [6.07, 6.45) is -4.02. The van der Waals surface area contributed by atoms with Gasteiger partial charge in [-0.15, -0.1) is 0 Å². The van der Waals surface area contributed by atoms with Gasteiger partial charge >= 0.3 is 6.18 Å². The second-order valence-corrected chi connectivity index (χ2v) is 4.43. The third-order valence-electron chi connectivity index (χ3n) is 2.95. The van der Waals surface area contributed by atoms with E-state index in [1.807, 2.05) is 0 Å². The number of nitrogens with zero attached hydrogens (tertiary/aromatic N) is 2. The number of nitrogens with one attached hydrogen (secondary N) is 2. The van der Waals surface area contributed by atoms with Crippen molar-refractivity contribution in [2.24, 2.45) is 0 Å². The lowest BCUT2D eigenvalue weighted by Crippen LogP contribution is -2.12. The predicted octanol–water partition coefficient (Wildman–Crippen LogP) is 3.24. The maximum absolute atomic E-state index is 14.2. The maximum Gasteiger partial charge on any atom is 0.421 e. The van der Waals surface area contributed by atoms with E-state index >= 15 is 0 Å². The van der Waals surface area contributed by atoms with Gasteiger partial charge in [0.05, 0.1) is 26.0 Å². The minimum absolute atomic E-state index is 0.135. The highest BCUT2D eigenvalue weighted by Gasteiger charge is 2.35. The summed E-state index contributed by atoms with van der Waals surface area (Å²) >= 11 is 0. The molecule has 0 amide bonds. The zero-order valence-corrected chi connectivity index (χ0v) is 12.9. The van der Waals surface area contributed by atoms with E-state index in [1.54, 1.807) is 0 Å². The SMILES string of the molecule is CNc1nc(Nc2cc(OC)[c]c(OC)c2F)ncc1C(F)(F)F. The number of benzene rings is 1. The third kappa shape index (κ3) is 3.58. The lowest BCUT2D eigenvalue weighted by molar-refractivity contribution is -0.137. The molecule has 0 bridgehead atoms. The zero-order valence-electron chi connectivity index (χ0n) is 12.9. The summed E-state index contributed by atoms with van der Waals surface area (Å²) in [7, 11) is 3.87. The van der Waals surface area contributed by atoms with Crippen molar-refractivity contribution in [3.8, 4) is 11.5 Å². The molecular formula is C14H13F4N4O2. The molecule has 0 spiro atoms. The standard InChI is InChI=1S/C14H13F4N4O2/c1-19-12-8(14(16,17)18)6-20-13(22-12)21-9-4-7(23-2)5-10(24-3)11(9)15/h4,6H,1-3H3,(H2,19,20,21,22). The number of anilines is 3. The highest BCUT2D eigenvalue weighted by molar-refractivity contribution is 5.61. The van der Waals surface area contributed by atoms with Crippen molar-refractivity contribution in [2.45, 2.75) is 6.18 Å². The Balaban J connectivity index is 2.42. The Morgan fingerprint density at radius 2 is 1.92 bits per heavy atom. The molecule has 1 aromatic heterocycles. The monoisotopic (exact) mass is 345 g/mol. The smallest absolute Gasteiger partial charge is 0.421 e. The summed E-state index contributed by atoms with van der Waals surface area (Å²) < 4.78 is 62.4. The summed E-state index contributed by atoms with van der Waals surface area (Å²) in [5.74, 6) is -1.55. The lowest BCUT2D eigenvalue weighted by atomic mass is 10.2. The molecule has 10 heteroatoms. The van der Waals surface area contributed by atoms with Crippen molar-refractivity contribution in [1.29, 1.82) is 0 Å². The van der Waals surface area contributed by atoms with Crippen molar-refractivity contribution >= 4 is 17.5 Å². The Kier molecular flexibility index (Phi) is 4.96. The highest BCUT2D eigenvalue weighted by atomic mass is 19.4. The molecule has 129 valence electrons. The number of methoxy groups -OCH3 is 2. The average molecular weight is 345 g/mol. The Labute approximate surface area is 134 Å². The fourth-order valence-electron chi connectivity index (χ4n) is 1.82. The van der Waals surface area contributed by atoms with Crippen LogP contribution >= 0.6 is 0 Å². The van der Waals surface area contributed by atoms with Gasteiger partial charge in [-0.05, 0) is 0 Å². The molecule has 2 rings (SSSR count). The molecule has 2 N–H and O–H groups in total. The van der Waals surface area contributed by atoms with E-state index in [2.05, 4.69) is 26.7 Å². The van der Waals surface area contributed by atoms with E-state index in [4.69, 9.17) is 9.47 Å². The second kappa shape index (κ2) is 6.77. The Hall–Kier alpha value is -2.78. The molecule has 0 saturated heterocycles. The van der Waals surface area contributed by atoms with Crippen LogP contribution in [0.3, 0.4) is 0 Å². The number of rotatable bonds is 5. The van der Waals surface area contributed by atoms with E-state index in [0.29, 0.717) is 6.20 Å². The van der Waals surface area contributed by atoms with E-state index in [0.717, 1.165) is 0 Å². The maximum atomic E-state index is 14.2. The molecule has 0 aliphatic heterocycles. The first kappa shape index (κ1) is 17.6. The van der Waals surface area contributed by atoms with Gasteiger partial charge in [-0.3, -0.25) is 0 Å². The van der Waals surface area contributed by atoms with Crippen LogP contribution in [0.1, 0.15) is 5.56 Å². The van der Waals surface area contributed by atoms with Crippen LogP contribution in [0, 0.1) is 11.9 Å². The number of hydrogen-bond donors (Lipinski definition) is 2. The van der Waals surface area contributed by atoms with Crippen LogP contribution in [0.15, 0.2) is 12.3 Å². The predicted molar refractivity (Wildman–Crippen MR) is 78.2 cm³/mol. The molecule has 24 heavy (non-hydrogen) atoms. The molecule has 2 aromatic rings. The second-order valence-electron chi connectivity index (χ2n) is 4.43. The van der Waals surface area contributed by atoms with Gasteiger partial charge in [-0.25, -0.2) is 9.37 Å². The van der Waals surface area contributed by atoms with Gasteiger partial charge in [0, 0.05) is 19.3 Å². The Morgan fingerprint density at radius 3 is 2.46 bits per heavy atom. The van der Waals surface area contributed by atoms with E-state index in [-0.39, 0.29) is 23.1 Å². The highest BCUT2D eigenvalue weighted by Crippen LogP contribution is 2.35. The number of aromatic nitrogens is 2. The molecule has 0 aliphatic carbocycles. The molecule has 1 heterocycles. The van der Waals surface area contributed by atoms with Gasteiger partial charge in [-0.1, -0.05) is 0 Å². The molecule has 0 fully saturated rings. The lowest BCUT2D eigenvalue weighted by Gasteiger charge is -2.14. The summed E-state index contributed by atoms with van der Waals surface area (Å²) in [5.41, 5.74) is -1.17. The van der Waals surface area contributed by atoms with E-state index < -0.39 is 23.4 Å². The van der Waals surface area contributed by atoms with Gasteiger partial charge < -0.3 is 20.1 Å². The van der Waals surface area contributed by atoms with Gasteiger partial charge in [0.25, 0.3) is 0 Å². The minimum atomic E-state index is -4.61. The minimum Gasteiger partial charge on any atom is -0.496 e. The first-order valence-corrected chi connectivity index (χ1v) is 6.53. The normalized spacial score (nSPS) is 11.1. The van der Waals surface area contributed by atoms with Crippen molar-refractivity contribution in [1.82, 2.24) is 9.97 Å². The van der Waals surface area contributed by atoms with Crippen LogP contribution in [0.25, 0.3) is 0 Å². The number of hydrogen-bond acceptors (Lipinski definition) is 6. The van der Waals surface area contributed by atoms with E-state index in [9.17, 15) is 17.6 Å². The number of halogens is 4. The summed E-state index contributed by atoms with van der Waals surface area (Å²) in [6.45, 7) is 0. The first-order valence-electron chi connectivity index (χ1n) is 6.53. The Morgan fingerprint density at radius 1 is 1.21 bits per heavy atom. The van der Waals surface area contributed by atoms with Crippen LogP contribution in [0.4, 0.5) is 35.0 Å². The number of ether oxygens (including phenoxy) is 2. The third-order valence-corrected chi connectivity index (χ3v) is 2.95. The Bertz CT molecular complexity index is 737. The van der Waals surface area contributed by atoms with Gasteiger partial charge in [0.1, 0.15) is 17.1 Å². The molecule has 0 saturated carbocycles. The molecule has 0 atom stereocenters. The summed E-state index contributed by atoms with van der Waals surface area (Å²) in [4.78, 5) is 7.25. The number of alkyl halides is 3. The van der Waals surface area contributed by atoms with Gasteiger partial charge in [-0.2, -0.15) is 18.2 Å². The molecular weight excluding hydrogens is 332 g/mol. The van der Waals surface area contributed by atoms with Crippen LogP contribution in [0.5, 0.6) is 11.5 Å². The zero-order chi connectivity index (χ0) is 17.9. The van der Waals surface area contributed by atoms with Crippen LogP contribution < -0.4 is 20.1 Å². The van der Waals surface area contributed by atoms with Crippen molar-refractivity contribution in [3.63, 3.8) is 0 Å². The largest absolute Gasteiger partial charge is 0.496 e. The van der Waals surface area contributed by atoms with Crippen molar-refractivity contribution in [2.75, 3.05) is 31.9 Å². The summed E-state index contributed by atoms with van der Waals surface area (Å²) in [6, 6.07) is 3.78. The summed E-state index contributed by atoms with van der Waals surface area (Å²) in [5, 5.41) is 4.82. The van der Waals surface area contributed by atoms with Crippen LogP contribution in [-0.2, 0) is 6.18 Å². The molecule has 0 aliphatic rings. The van der Waals surface area contributed by atoms with Gasteiger partial charge in [0.2, 0.25) is 5.95 Å². The molecule has 0 unspecified atom stereocenters. The molecule has 6 nitrogen and oxygen atoms in total. The van der Waals surface area contributed by atoms with E-state index in [1.165, 1.54) is 27.3 Å². The fourth-order valence-corrected chi connectivity index (χ4v) is 1.82. The molecule has 1 aromatic carbocycles. The molecule has 1 radical (unpaired) electrons. The van der Waals surface area contributed by atoms with Crippen molar-refractivity contribution < 1.29 is 27.0 Å². The average Bonchev–Trinajstić information content (AvgIpc) is 2.55.